The molecular formula is C14H21FN2O. The van der Waals surface area contributed by atoms with Crippen molar-refractivity contribution in [3.63, 3.8) is 0 Å². The van der Waals surface area contributed by atoms with Gasteiger partial charge in [-0.05, 0) is 24.5 Å². The van der Waals surface area contributed by atoms with Gasteiger partial charge in [0.05, 0.1) is 6.61 Å². The molecule has 1 aliphatic heterocycles. The fraction of sp³-hybridized carbons (Fsp3) is 0.571. The van der Waals surface area contributed by atoms with Gasteiger partial charge in [-0.1, -0.05) is 18.2 Å². The second kappa shape index (κ2) is 6.83. The zero-order valence-corrected chi connectivity index (χ0v) is 10.6. The van der Waals surface area contributed by atoms with Crippen LogP contribution in [0.5, 0.6) is 0 Å². The molecule has 4 heteroatoms. The normalized spacial score (nSPS) is 18.8. The number of aliphatic hydroxyl groups excluding tert-OH is 1. The fourth-order valence-corrected chi connectivity index (χ4v) is 2.46. The van der Waals surface area contributed by atoms with Crippen LogP contribution in [-0.4, -0.2) is 48.8 Å². The van der Waals surface area contributed by atoms with Gasteiger partial charge >= 0.3 is 0 Å². The Morgan fingerprint density at radius 3 is 2.67 bits per heavy atom. The van der Waals surface area contributed by atoms with Crippen molar-refractivity contribution in [2.75, 3.05) is 32.8 Å². The molecular weight excluding hydrogens is 231 g/mol. The SMILES string of the molecule is OCC(CCc1ccccc1F)N1CCNCC1. The Balaban J connectivity index is 1.88. The number of hydrogen-bond acceptors (Lipinski definition) is 3. The van der Waals surface area contributed by atoms with Crippen LogP contribution in [0, 0.1) is 5.82 Å². The van der Waals surface area contributed by atoms with Crippen molar-refractivity contribution >= 4 is 0 Å². The van der Waals surface area contributed by atoms with Gasteiger partial charge in [-0.25, -0.2) is 4.39 Å². The predicted molar refractivity (Wildman–Crippen MR) is 70.0 cm³/mol. The van der Waals surface area contributed by atoms with Gasteiger partial charge in [-0.15, -0.1) is 0 Å². The van der Waals surface area contributed by atoms with Gasteiger partial charge in [0.2, 0.25) is 0 Å². The Hall–Kier alpha value is -0.970. The first kappa shape index (κ1) is 13.5. The van der Waals surface area contributed by atoms with Crippen LogP contribution in [0.15, 0.2) is 24.3 Å². The van der Waals surface area contributed by atoms with Crippen LogP contribution in [0.25, 0.3) is 0 Å². The van der Waals surface area contributed by atoms with Crippen molar-refractivity contribution in [3.05, 3.63) is 35.6 Å². The Kier molecular flexibility index (Phi) is 5.11. The van der Waals surface area contributed by atoms with Crippen molar-refractivity contribution in [1.82, 2.24) is 10.2 Å². The lowest BCUT2D eigenvalue weighted by atomic mass is 10.0. The molecule has 0 saturated carbocycles. The van der Waals surface area contributed by atoms with E-state index in [4.69, 9.17) is 0 Å². The van der Waals surface area contributed by atoms with E-state index in [0.717, 1.165) is 38.2 Å². The van der Waals surface area contributed by atoms with Crippen molar-refractivity contribution in [1.29, 1.82) is 0 Å². The molecule has 18 heavy (non-hydrogen) atoms. The van der Waals surface area contributed by atoms with Crippen LogP contribution in [0.2, 0.25) is 0 Å². The van der Waals surface area contributed by atoms with E-state index in [1.807, 2.05) is 12.1 Å². The molecule has 3 nitrogen and oxygen atoms in total. The third kappa shape index (κ3) is 3.51. The van der Waals surface area contributed by atoms with Crippen molar-refractivity contribution in [2.45, 2.75) is 18.9 Å². The number of piperazine rings is 1. The molecule has 0 aromatic heterocycles. The largest absolute Gasteiger partial charge is 0.395 e. The summed E-state index contributed by atoms with van der Waals surface area (Å²) in [5, 5.41) is 12.8. The van der Waals surface area contributed by atoms with E-state index < -0.39 is 0 Å². The number of rotatable bonds is 5. The van der Waals surface area contributed by atoms with E-state index >= 15 is 0 Å². The number of halogens is 1. The Bertz CT molecular complexity index is 367. The summed E-state index contributed by atoms with van der Waals surface area (Å²) < 4.78 is 13.5. The van der Waals surface area contributed by atoms with Crippen molar-refractivity contribution in [3.8, 4) is 0 Å². The van der Waals surface area contributed by atoms with Crippen molar-refractivity contribution in [2.24, 2.45) is 0 Å². The zero-order valence-electron chi connectivity index (χ0n) is 10.6. The maximum atomic E-state index is 13.5. The lowest BCUT2D eigenvalue weighted by Gasteiger charge is -2.34. The van der Waals surface area contributed by atoms with Crippen LogP contribution in [-0.2, 0) is 6.42 Å². The molecule has 1 aromatic carbocycles. The van der Waals surface area contributed by atoms with Gasteiger partial charge < -0.3 is 10.4 Å². The average molecular weight is 252 g/mol. The third-order valence-corrected chi connectivity index (χ3v) is 3.58. The highest BCUT2D eigenvalue weighted by Crippen LogP contribution is 2.13. The molecule has 2 N–H and O–H groups in total. The minimum absolute atomic E-state index is 0.144. The van der Waals surface area contributed by atoms with Gasteiger partial charge in [-0.2, -0.15) is 0 Å². The summed E-state index contributed by atoms with van der Waals surface area (Å²) in [7, 11) is 0. The van der Waals surface area contributed by atoms with Crippen LogP contribution in [0.4, 0.5) is 4.39 Å². The summed E-state index contributed by atoms with van der Waals surface area (Å²) in [5.41, 5.74) is 0.742. The molecule has 1 unspecified atom stereocenters. The highest BCUT2D eigenvalue weighted by Gasteiger charge is 2.19. The first-order valence-electron chi connectivity index (χ1n) is 6.60. The van der Waals surface area contributed by atoms with E-state index in [2.05, 4.69) is 10.2 Å². The molecule has 0 aliphatic carbocycles. The standard InChI is InChI=1S/C14H21FN2O/c15-14-4-2-1-3-12(14)5-6-13(11-18)17-9-7-16-8-10-17/h1-4,13,16,18H,5-11H2. The molecule has 100 valence electrons. The molecule has 0 amide bonds. The molecule has 0 radical (unpaired) electrons. The van der Waals surface area contributed by atoms with Crippen LogP contribution >= 0.6 is 0 Å². The summed E-state index contributed by atoms with van der Waals surface area (Å²) in [5.74, 6) is -0.144. The van der Waals surface area contributed by atoms with Crippen LogP contribution in [0.1, 0.15) is 12.0 Å². The van der Waals surface area contributed by atoms with E-state index in [1.165, 1.54) is 6.07 Å². The van der Waals surface area contributed by atoms with Gasteiger partial charge in [0.25, 0.3) is 0 Å². The van der Waals surface area contributed by atoms with E-state index in [-0.39, 0.29) is 18.5 Å². The number of aryl methyl sites for hydroxylation is 1. The number of hydrogen-bond donors (Lipinski definition) is 2. The molecule has 0 spiro atoms. The summed E-state index contributed by atoms with van der Waals surface area (Å²) in [6.07, 6.45) is 1.49. The monoisotopic (exact) mass is 252 g/mol. The first-order valence-corrected chi connectivity index (χ1v) is 6.60. The molecule has 0 bridgehead atoms. The maximum absolute atomic E-state index is 13.5. The fourth-order valence-electron chi connectivity index (χ4n) is 2.46. The minimum atomic E-state index is -0.144. The molecule has 1 aliphatic rings. The van der Waals surface area contributed by atoms with E-state index in [1.54, 1.807) is 6.07 Å². The Morgan fingerprint density at radius 1 is 1.28 bits per heavy atom. The van der Waals surface area contributed by atoms with E-state index in [0.29, 0.717) is 6.42 Å². The number of nitrogens with one attached hydrogen (secondary N) is 1. The summed E-state index contributed by atoms with van der Waals surface area (Å²) in [4.78, 5) is 2.29. The van der Waals surface area contributed by atoms with Gasteiger partial charge in [0.1, 0.15) is 5.82 Å². The third-order valence-electron chi connectivity index (χ3n) is 3.58. The first-order chi connectivity index (χ1) is 8.81. The highest BCUT2D eigenvalue weighted by atomic mass is 19.1. The predicted octanol–water partition coefficient (Wildman–Crippen LogP) is 1.02. The molecule has 1 fully saturated rings. The zero-order chi connectivity index (χ0) is 12.8. The maximum Gasteiger partial charge on any atom is 0.126 e. The van der Waals surface area contributed by atoms with Gasteiger partial charge in [0, 0.05) is 32.2 Å². The number of nitrogens with zero attached hydrogens (tertiary/aromatic N) is 1. The summed E-state index contributed by atoms with van der Waals surface area (Å²) in [6, 6.07) is 7.03. The lowest BCUT2D eigenvalue weighted by Crippen LogP contribution is -2.49. The lowest BCUT2D eigenvalue weighted by molar-refractivity contribution is 0.104. The Labute approximate surface area is 108 Å². The molecule has 1 heterocycles. The van der Waals surface area contributed by atoms with Gasteiger partial charge in [0.15, 0.2) is 0 Å². The molecule has 1 atom stereocenters. The smallest absolute Gasteiger partial charge is 0.126 e. The highest BCUT2D eigenvalue weighted by molar-refractivity contribution is 5.17. The van der Waals surface area contributed by atoms with Crippen LogP contribution in [0.3, 0.4) is 0 Å². The molecule has 2 rings (SSSR count). The summed E-state index contributed by atoms with van der Waals surface area (Å²) >= 11 is 0. The number of benzene rings is 1. The topological polar surface area (TPSA) is 35.5 Å². The Morgan fingerprint density at radius 2 is 2.00 bits per heavy atom. The van der Waals surface area contributed by atoms with Crippen molar-refractivity contribution < 1.29 is 9.50 Å². The second-order valence-electron chi connectivity index (χ2n) is 4.75. The molecule has 1 saturated heterocycles. The van der Waals surface area contributed by atoms with Gasteiger partial charge in [-0.3, -0.25) is 4.90 Å². The molecule has 1 aromatic rings. The second-order valence-corrected chi connectivity index (χ2v) is 4.75. The average Bonchev–Trinajstić information content (AvgIpc) is 2.42. The minimum Gasteiger partial charge on any atom is -0.395 e. The van der Waals surface area contributed by atoms with Crippen LogP contribution < -0.4 is 5.32 Å². The quantitative estimate of drug-likeness (QED) is 0.821. The summed E-state index contributed by atoms with van der Waals surface area (Å²) in [6.45, 7) is 4.01. The van der Waals surface area contributed by atoms with E-state index in [9.17, 15) is 9.50 Å². The number of aliphatic hydroxyl groups is 1.